The molecule has 148 valence electrons. The van der Waals surface area contributed by atoms with Gasteiger partial charge in [0.1, 0.15) is 11.5 Å². The number of esters is 1. The SMILES string of the molecule is COc1ccc(OCC(=O)OCC(=O)NC(=O)NC2CCCCC2C)cc1. The Morgan fingerprint density at radius 1 is 1.04 bits per heavy atom. The predicted octanol–water partition coefficient (Wildman–Crippen LogP) is 2.02. The van der Waals surface area contributed by atoms with E-state index in [1.807, 2.05) is 0 Å². The summed E-state index contributed by atoms with van der Waals surface area (Å²) in [7, 11) is 1.55. The molecule has 0 saturated heterocycles. The van der Waals surface area contributed by atoms with Gasteiger partial charge in [-0.25, -0.2) is 9.59 Å². The van der Waals surface area contributed by atoms with E-state index >= 15 is 0 Å². The summed E-state index contributed by atoms with van der Waals surface area (Å²) < 4.78 is 15.1. The molecule has 2 rings (SSSR count). The van der Waals surface area contributed by atoms with E-state index in [-0.39, 0.29) is 12.6 Å². The second-order valence-electron chi connectivity index (χ2n) is 6.51. The summed E-state index contributed by atoms with van der Waals surface area (Å²) in [5.41, 5.74) is 0. The molecule has 1 aromatic rings. The molecule has 2 unspecified atom stereocenters. The Balaban J connectivity index is 1.63. The molecule has 0 aliphatic heterocycles. The third kappa shape index (κ3) is 7.16. The molecular formula is C19H26N2O6. The lowest BCUT2D eigenvalue weighted by atomic mass is 9.86. The Kier molecular flexibility index (Phi) is 7.91. The molecule has 2 atom stereocenters. The van der Waals surface area contributed by atoms with E-state index in [1.165, 1.54) is 0 Å². The number of rotatable bonds is 7. The number of nitrogens with one attached hydrogen (secondary N) is 2. The molecule has 0 spiro atoms. The van der Waals surface area contributed by atoms with Crippen LogP contribution < -0.4 is 20.1 Å². The maximum Gasteiger partial charge on any atom is 0.344 e. The molecule has 0 bridgehead atoms. The van der Waals surface area contributed by atoms with Crippen LogP contribution in [0.2, 0.25) is 0 Å². The molecular weight excluding hydrogens is 352 g/mol. The van der Waals surface area contributed by atoms with Gasteiger partial charge in [-0.2, -0.15) is 0 Å². The lowest BCUT2D eigenvalue weighted by molar-refractivity contribution is -0.150. The lowest BCUT2D eigenvalue weighted by Gasteiger charge is -2.29. The van der Waals surface area contributed by atoms with Crippen LogP contribution in [0.1, 0.15) is 32.6 Å². The van der Waals surface area contributed by atoms with Gasteiger partial charge in [0.15, 0.2) is 13.2 Å². The lowest BCUT2D eigenvalue weighted by Crippen LogP contribution is -2.48. The summed E-state index contributed by atoms with van der Waals surface area (Å²) in [4.78, 5) is 35.2. The monoisotopic (exact) mass is 378 g/mol. The second-order valence-corrected chi connectivity index (χ2v) is 6.51. The first-order valence-electron chi connectivity index (χ1n) is 9.00. The fourth-order valence-corrected chi connectivity index (χ4v) is 2.90. The maximum absolute atomic E-state index is 11.9. The van der Waals surface area contributed by atoms with Crippen molar-refractivity contribution in [2.45, 2.75) is 38.6 Å². The maximum atomic E-state index is 11.9. The minimum atomic E-state index is -0.706. The van der Waals surface area contributed by atoms with Crippen molar-refractivity contribution in [3.8, 4) is 11.5 Å². The van der Waals surface area contributed by atoms with Crippen molar-refractivity contribution in [2.24, 2.45) is 5.92 Å². The van der Waals surface area contributed by atoms with E-state index in [4.69, 9.17) is 14.2 Å². The number of ether oxygens (including phenoxy) is 3. The number of carbonyl (C=O) groups excluding carboxylic acids is 3. The number of urea groups is 1. The van der Waals surface area contributed by atoms with Crippen LogP contribution in [0, 0.1) is 5.92 Å². The van der Waals surface area contributed by atoms with Crippen molar-refractivity contribution in [2.75, 3.05) is 20.3 Å². The van der Waals surface area contributed by atoms with E-state index in [0.29, 0.717) is 17.4 Å². The molecule has 8 heteroatoms. The third-order valence-corrected chi connectivity index (χ3v) is 4.46. The minimum absolute atomic E-state index is 0.0620. The van der Waals surface area contributed by atoms with Gasteiger partial charge in [0, 0.05) is 6.04 Å². The molecule has 1 aliphatic carbocycles. The topological polar surface area (TPSA) is 103 Å². The summed E-state index contributed by atoms with van der Waals surface area (Å²) in [5.74, 6) is 0.129. The first kappa shape index (κ1) is 20.5. The van der Waals surface area contributed by atoms with E-state index in [0.717, 1.165) is 25.7 Å². The molecule has 1 fully saturated rings. The highest BCUT2D eigenvalue weighted by molar-refractivity contribution is 5.95. The number of hydrogen-bond donors (Lipinski definition) is 2. The molecule has 0 aromatic heterocycles. The summed E-state index contributed by atoms with van der Waals surface area (Å²) >= 11 is 0. The van der Waals surface area contributed by atoms with Crippen LogP contribution in [0.4, 0.5) is 4.79 Å². The van der Waals surface area contributed by atoms with Gasteiger partial charge < -0.3 is 19.5 Å². The predicted molar refractivity (Wildman–Crippen MR) is 97.5 cm³/mol. The van der Waals surface area contributed by atoms with Gasteiger partial charge in [0.05, 0.1) is 7.11 Å². The highest BCUT2D eigenvalue weighted by Gasteiger charge is 2.23. The van der Waals surface area contributed by atoms with Gasteiger partial charge in [-0.1, -0.05) is 19.8 Å². The zero-order valence-electron chi connectivity index (χ0n) is 15.7. The Morgan fingerprint density at radius 2 is 1.70 bits per heavy atom. The van der Waals surface area contributed by atoms with Crippen molar-refractivity contribution in [1.29, 1.82) is 0 Å². The van der Waals surface area contributed by atoms with Crippen LogP contribution in [0.25, 0.3) is 0 Å². The molecule has 0 heterocycles. The van der Waals surface area contributed by atoms with Crippen molar-refractivity contribution < 1.29 is 28.6 Å². The Morgan fingerprint density at radius 3 is 2.37 bits per heavy atom. The van der Waals surface area contributed by atoms with Crippen LogP contribution in [0.3, 0.4) is 0 Å². The third-order valence-electron chi connectivity index (χ3n) is 4.46. The van der Waals surface area contributed by atoms with Crippen LogP contribution in [0.5, 0.6) is 11.5 Å². The molecule has 2 N–H and O–H groups in total. The van der Waals surface area contributed by atoms with Crippen LogP contribution in [-0.4, -0.2) is 44.3 Å². The fraction of sp³-hybridized carbons (Fsp3) is 0.526. The molecule has 1 saturated carbocycles. The Hall–Kier alpha value is -2.77. The van der Waals surface area contributed by atoms with Gasteiger partial charge in [0.25, 0.3) is 5.91 Å². The molecule has 8 nitrogen and oxygen atoms in total. The number of imide groups is 1. The fourth-order valence-electron chi connectivity index (χ4n) is 2.90. The van der Waals surface area contributed by atoms with Gasteiger partial charge in [-0.05, 0) is 43.0 Å². The van der Waals surface area contributed by atoms with Crippen molar-refractivity contribution in [3.05, 3.63) is 24.3 Å². The minimum Gasteiger partial charge on any atom is -0.497 e. The standard InChI is InChI=1S/C19H26N2O6/c1-13-5-3-4-6-16(13)20-19(24)21-17(22)11-27-18(23)12-26-15-9-7-14(25-2)8-10-15/h7-10,13,16H,3-6,11-12H2,1-2H3,(H2,20,21,22,24). The number of methoxy groups -OCH3 is 1. The smallest absolute Gasteiger partial charge is 0.344 e. The number of hydrogen-bond acceptors (Lipinski definition) is 6. The Bertz CT molecular complexity index is 646. The second kappa shape index (κ2) is 10.4. The van der Waals surface area contributed by atoms with E-state index < -0.39 is 24.5 Å². The van der Waals surface area contributed by atoms with Crippen molar-refractivity contribution >= 4 is 17.9 Å². The zero-order chi connectivity index (χ0) is 19.6. The van der Waals surface area contributed by atoms with Crippen LogP contribution in [0.15, 0.2) is 24.3 Å². The van der Waals surface area contributed by atoms with E-state index in [9.17, 15) is 14.4 Å². The number of carbonyl (C=O) groups is 3. The molecule has 1 aliphatic rings. The zero-order valence-corrected chi connectivity index (χ0v) is 15.7. The Labute approximate surface area is 158 Å². The highest BCUT2D eigenvalue weighted by Crippen LogP contribution is 2.23. The van der Waals surface area contributed by atoms with E-state index in [2.05, 4.69) is 17.6 Å². The van der Waals surface area contributed by atoms with Crippen LogP contribution in [-0.2, 0) is 14.3 Å². The average molecular weight is 378 g/mol. The van der Waals surface area contributed by atoms with Gasteiger partial charge in [-0.15, -0.1) is 0 Å². The quantitative estimate of drug-likeness (QED) is 0.704. The summed E-state index contributed by atoms with van der Waals surface area (Å²) in [6, 6.07) is 6.18. The summed E-state index contributed by atoms with van der Waals surface area (Å²) in [6.45, 7) is 1.19. The van der Waals surface area contributed by atoms with Crippen LogP contribution >= 0.6 is 0 Å². The van der Waals surface area contributed by atoms with Gasteiger partial charge >= 0.3 is 12.0 Å². The average Bonchev–Trinajstić information content (AvgIpc) is 2.67. The molecule has 0 radical (unpaired) electrons. The molecule has 27 heavy (non-hydrogen) atoms. The molecule has 1 aromatic carbocycles. The molecule has 3 amide bonds. The van der Waals surface area contributed by atoms with Crippen molar-refractivity contribution in [1.82, 2.24) is 10.6 Å². The first-order chi connectivity index (χ1) is 13.0. The van der Waals surface area contributed by atoms with Crippen molar-refractivity contribution in [3.63, 3.8) is 0 Å². The van der Waals surface area contributed by atoms with Gasteiger partial charge in [-0.3, -0.25) is 10.1 Å². The highest BCUT2D eigenvalue weighted by atomic mass is 16.6. The number of benzene rings is 1. The largest absolute Gasteiger partial charge is 0.497 e. The first-order valence-corrected chi connectivity index (χ1v) is 9.00. The number of amides is 3. The van der Waals surface area contributed by atoms with E-state index in [1.54, 1.807) is 31.4 Å². The normalized spacial score (nSPS) is 18.9. The summed E-state index contributed by atoms with van der Waals surface area (Å²) in [5, 5.41) is 4.97. The summed E-state index contributed by atoms with van der Waals surface area (Å²) in [6.07, 6.45) is 4.19. The van der Waals surface area contributed by atoms with Gasteiger partial charge in [0.2, 0.25) is 0 Å².